The normalized spacial score (nSPS) is 26.4. The first-order valence-corrected chi connectivity index (χ1v) is 5.66. The van der Waals surface area contributed by atoms with Gasteiger partial charge >= 0.3 is 6.09 Å². The zero-order chi connectivity index (χ0) is 11.3. The number of carbonyl (C=O) groups excluding carboxylic acids is 1. The average Bonchev–Trinajstić information content (AvgIpc) is 2.20. The summed E-state index contributed by atoms with van der Waals surface area (Å²) >= 11 is 0. The van der Waals surface area contributed by atoms with Crippen LogP contribution in [0.25, 0.3) is 0 Å². The summed E-state index contributed by atoms with van der Waals surface area (Å²) in [6.45, 7) is 1.00. The van der Waals surface area contributed by atoms with E-state index in [9.17, 15) is 4.79 Å². The van der Waals surface area contributed by atoms with Crippen molar-refractivity contribution in [3.05, 3.63) is 0 Å². The molecule has 0 saturated heterocycles. The molecule has 0 aromatic heterocycles. The molecule has 0 radical (unpaired) electrons. The summed E-state index contributed by atoms with van der Waals surface area (Å²) in [4.78, 5) is 13.3. The van der Waals surface area contributed by atoms with Crippen LogP contribution in [0, 0.1) is 5.92 Å². The Bertz CT molecular complexity index is 207. The largest absolute Gasteiger partial charge is 0.446 e. The van der Waals surface area contributed by atoms with Crippen LogP contribution in [0.5, 0.6) is 0 Å². The molecule has 1 N–H and O–H groups in total. The standard InChI is InChI=1S/C11H22N2O2/c1-12-11(14)15-10-7-5-4-6-9(10)8-13(2)3/h9-10H,4-8H2,1-3H3,(H,12,14). The molecule has 88 valence electrons. The summed E-state index contributed by atoms with van der Waals surface area (Å²) in [5.74, 6) is 0.492. The van der Waals surface area contributed by atoms with Crippen LogP contribution in [0.2, 0.25) is 0 Å². The maximum Gasteiger partial charge on any atom is 0.407 e. The second kappa shape index (κ2) is 5.95. The van der Waals surface area contributed by atoms with E-state index in [1.165, 1.54) is 19.3 Å². The molecule has 4 nitrogen and oxygen atoms in total. The van der Waals surface area contributed by atoms with Gasteiger partial charge in [0.2, 0.25) is 0 Å². The Morgan fingerprint density at radius 3 is 2.67 bits per heavy atom. The molecule has 0 aromatic rings. The first-order chi connectivity index (χ1) is 7.13. The molecular weight excluding hydrogens is 192 g/mol. The SMILES string of the molecule is CNC(=O)OC1CCCCC1CN(C)C. The van der Waals surface area contributed by atoms with Gasteiger partial charge in [0.05, 0.1) is 0 Å². The van der Waals surface area contributed by atoms with Gasteiger partial charge in [0.1, 0.15) is 6.10 Å². The average molecular weight is 214 g/mol. The Morgan fingerprint density at radius 1 is 1.40 bits per heavy atom. The Kier molecular flexibility index (Phi) is 4.88. The van der Waals surface area contributed by atoms with Crippen LogP contribution >= 0.6 is 0 Å². The fourth-order valence-corrected chi connectivity index (χ4v) is 2.20. The lowest BCUT2D eigenvalue weighted by Gasteiger charge is -2.32. The van der Waals surface area contributed by atoms with Crippen LogP contribution < -0.4 is 5.32 Å². The topological polar surface area (TPSA) is 41.6 Å². The van der Waals surface area contributed by atoms with Gasteiger partial charge in [0, 0.05) is 19.5 Å². The highest BCUT2D eigenvalue weighted by Gasteiger charge is 2.28. The Balaban J connectivity index is 2.45. The van der Waals surface area contributed by atoms with E-state index in [0.29, 0.717) is 5.92 Å². The molecule has 0 spiro atoms. The third kappa shape index (κ3) is 4.08. The number of hydrogen-bond acceptors (Lipinski definition) is 3. The van der Waals surface area contributed by atoms with Crippen LogP contribution in [0.1, 0.15) is 25.7 Å². The highest BCUT2D eigenvalue weighted by atomic mass is 16.6. The quantitative estimate of drug-likeness (QED) is 0.773. The maximum absolute atomic E-state index is 11.2. The smallest absolute Gasteiger partial charge is 0.407 e. The Hall–Kier alpha value is -0.770. The fourth-order valence-electron chi connectivity index (χ4n) is 2.20. The van der Waals surface area contributed by atoms with E-state index >= 15 is 0 Å². The molecule has 0 aromatic carbocycles. The fraction of sp³-hybridized carbons (Fsp3) is 0.909. The highest BCUT2D eigenvalue weighted by molar-refractivity contribution is 5.66. The number of ether oxygens (including phenoxy) is 1. The highest BCUT2D eigenvalue weighted by Crippen LogP contribution is 2.27. The summed E-state index contributed by atoms with van der Waals surface area (Å²) in [6.07, 6.45) is 4.40. The predicted molar refractivity (Wildman–Crippen MR) is 59.8 cm³/mol. The molecule has 15 heavy (non-hydrogen) atoms. The van der Waals surface area contributed by atoms with Crippen molar-refractivity contribution in [2.75, 3.05) is 27.7 Å². The second-order valence-electron chi connectivity index (χ2n) is 4.50. The minimum absolute atomic E-state index is 0.0982. The van der Waals surface area contributed by atoms with Crippen molar-refractivity contribution in [2.45, 2.75) is 31.8 Å². The number of hydrogen-bond donors (Lipinski definition) is 1. The van der Waals surface area contributed by atoms with E-state index < -0.39 is 0 Å². The molecule has 4 heteroatoms. The van der Waals surface area contributed by atoms with Crippen molar-refractivity contribution in [3.8, 4) is 0 Å². The van der Waals surface area contributed by atoms with E-state index in [2.05, 4.69) is 24.3 Å². The van der Waals surface area contributed by atoms with Crippen molar-refractivity contribution in [1.82, 2.24) is 10.2 Å². The Morgan fingerprint density at radius 2 is 2.07 bits per heavy atom. The first kappa shape index (κ1) is 12.3. The molecule has 0 aliphatic heterocycles. The van der Waals surface area contributed by atoms with Gasteiger partial charge in [0.15, 0.2) is 0 Å². The molecule has 1 aliphatic carbocycles. The van der Waals surface area contributed by atoms with E-state index in [0.717, 1.165) is 13.0 Å². The first-order valence-electron chi connectivity index (χ1n) is 5.66. The number of nitrogens with one attached hydrogen (secondary N) is 1. The lowest BCUT2D eigenvalue weighted by Crippen LogP contribution is -2.38. The third-order valence-electron chi connectivity index (χ3n) is 2.90. The molecule has 2 unspecified atom stereocenters. The molecule has 1 aliphatic rings. The summed E-state index contributed by atoms with van der Waals surface area (Å²) in [7, 11) is 5.73. The summed E-state index contributed by atoms with van der Waals surface area (Å²) in [5.41, 5.74) is 0. The van der Waals surface area contributed by atoms with Gasteiger partial charge in [-0.3, -0.25) is 0 Å². The van der Waals surface area contributed by atoms with Gasteiger partial charge in [-0.05, 0) is 33.4 Å². The second-order valence-corrected chi connectivity index (χ2v) is 4.50. The van der Waals surface area contributed by atoms with Crippen molar-refractivity contribution >= 4 is 6.09 Å². The van der Waals surface area contributed by atoms with E-state index in [4.69, 9.17) is 4.74 Å². The lowest BCUT2D eigenvalue weighted by molar-refractivity contribution is 0.0292. The molecular formula is C11H22N2O2. The lowest BCUT2D eigenvalue weighted by atomic mass is 9.86. The van der Waals surface area contributed by atoms with Crippen LogP contribution in [0.3, 0.4) is 0 Å². The number of carbonyl (C=O) groups is 1. The van der Waals surface area contributed by atoms with Crippen molar-refractivity contribution in [3.63, 3.8) is 0 Å². The zero-order valence-corrected chi connectivity index (χ0v) is 9.95. The number of nitrogens with zero attached hydrogens (tertiary/aromatic N) is 1. The van der Waals surface area contributed by atoms with Gasteiger partial charge in [-0.15, -0.1) is 0 Å². The summed E-state index contributed by atoms with van der Waals surface area (Å²) in [5, 5.41) is 2.51. The monoisotopic (exact) mass is 214 g/mol. The van der Waals surface area contributed by atoms with E-state index in [1.54, 1.807) is 7.05 Å². The van der Waals surface area contributed by atoms with Gasteiger partial charge < -0.3 is 15.0 Å². The van der Waals surface area contributed by atoms with Crippen LogP contribution in [-0.2, 0) is 4.74 Å². The van der Waals surface area contributed by atoms with Crippen molar-refractivity contribution in [1.29, 1.82) is 0 Å². The van der Waals surface area contributed by atoms with Gasteiger partial charge in [-0.1, -0.05) is 6.42 Å². The van der Waals surface area contributed by atoms with Crippen molar-refractivity contribution < 1.29 is 9.53 Å². The van der Waals surface area contributed by atoms with E-state index in [1.807, 2.05) is 0 Å². The maximum atomic E-state index is 11.2. The minimum Gasteiger partial charge on any atom is -0.446 e. The van der Waals surface area contributed by atoms with Gasteiger partial charge in [0.25, 0.3) is 0 Å². The molecule has 1 amide bonds. The molecule has 2 atom stereocenters. The number of rotatable bonds is 3. The molecule has 0 bridgehead atoms. The number of alkyl carbamates (subject to hydrolysis) is 1. The van der Waals surface area contributed by atoms with Crippen LogP contribution in [0.15, 0.2) is 0 Å². The van der Waals surface area contributed by atoms with E-state index in [-0.39, 0.29) is 12.2 Å². The van der Waals surface area contributed by atoms with Gasteiger partial charge in [-0.2, -0.15) is 0 Å². The third-order valence-corrected chi connectivity index (χ3v) is 2.90. The summed E-state index contributed by atoms with van der Waals surface area (Å²) < 4.78 is 5.38. The Labute approximate surface area is 92.0 Å². The molecule has 0 heterocycles. The molecule has 1 rings (SSSR count). The van der Waals surface area contributed by atoms with Crippen molar-refractivity contribution in [2.24, 2.45) is 5.92 Å². The zero-order valence-electron chi connectivity index (χ0n) is 9.95. The minimum atomic E-state index is -0.300. The number of amides is 1. The van der Waals surface area contributed by atoms with Crippen LogP contribution in [-0.4, -0.2) is 44.8 Å². The molecule has 1 saturated carbocycles. The van der Waals surface area contributed by atoms with Gasteiger partial charge in [-0.25, -0.2) is 4.79 Å². The van der Waals surface area contributed by atoms with Crippen LogP contribution in [0.4, 0.5) is 4.79 Å². The summed E-state index contributed by atoms with van der Waals surface area (Å²) in [6, 6.07) is 0. The predicted octanol–water partition coefficient (Wildman–Crippen LogP) is 1.46. The molecule has 1 fully saturated rings.